The van der Waals surface area contributed by atoms with Gasteiger partial charge in [0.15, 0.2) is 0 Å². The van der Waals surface area contributed by atoms with Crippen LogP contribution >= 0.6 is 15.9 Å². The van der Waals surface area contributed by atoms with Crippen molar-refractivity contribution in [3.63, 3.8) is 0 Å². The Morgan fingerprint density at radius 3 is 2.50 bits per heavy atom. The molecule has 0 amide bonds. The number of hydrogen-bond acceptors (Lipinski definition) is 2. The summed E-state index contributed by atoms with van der Waals surface area (Å²) in [6.07, 6.45) is -0.461. The zero-order valence-electron chi connectivity index (χ0n) is 10.1. The summed E-state index contributed by atoms with van der Waals surface area (Å²) in [7, 11) is 0. The molecule has 1 N–H and O–H groups in total. The molecule has 0 spiro atoms. The topological polar surface area (TPSA) is 29.5 Å². The maximum Gasteiger partial charge on any atom is 0.120 e. The molecule has 0 fully saturated rings. The van der Waals surface area contributed by atoms with Crippen LogP contribution in [0.2, 0.25) is 0 Å². The Morgan fingerprint density at radius 2 is 1.89 bits per heavy atom. The normalized spacial score (nSPS) is 12.2. The summed E-state index contributed by atoms with van der Waals surface area (Å²) in [6.45, 7) is 2.00. The van der Waals surface area contributed by atoms with Gasteiger partial charge in [-0.1, -0.05) is 46.3 Å². The average molecular weight is 307 g/mol. The van der Waals surface area contributed by atoms with Gasteiger partial charge < -0.3 is 9.84 Å². The first kappa shape index (κ1) is 13.1. The van der Waals surface area contributed by atoms with Crippen molar-refractivity contribution in [2.24, 2.45) is 0 Å². The minimum atomic E-state index is -0.461. The Labute approximate surface area is 115 Å². The molecule has 18 heavy (non-hydrogen) atoms. The molecule has 0 bridgehead atoms. The molecule has 0 saturated carbocycles. The fourth-order valence-corrected chi connectivity index (χ4v) is 2.24. The van der Waals surface area contributed by atoms with Crippen molar-refractivity contribution in [1.82, 2.24) is 0 Å². The molecule has 0 aliphatic heterocycles. The molecule has 1 atom stereocenters. The van der Waals surface area contributed by atoms with Gasteiger partial charge >= 0.3 is 0 Å². The highest BCUT2D eigenvalue weighted by Crippen LogP contribution is 2.31. The van der Waals surface area contributed by atoms with Gasteiger partial charge in [0.1, 0.15) is 12.4 Å². The summed E-state index contributed by atoms with van der Waals surface area (Å²) < 4.78 is 6.44. The van der Waals surface area contributed by atoms with Crippen molar-refractivity contribution in [1.29, 1.82) is 0 Å². The fraction of sp³-hybridized carbons (Fsp3) is 0.200. The second-order valence-electron chi connectivity index (χ2n) is 4.17. The molecule has 2 aromatic rings. The van der Waals surface area contributed by atoms with E-state index in [9.17, 15) is 5.11 Å². The van der Waals surface area contributed by atoms with Crippen LogP contribution in [-0.2, 0) is 0 Å². The zero-order valence-corrected chi connectivity index (χ0v) is 11.7. The van der Waals surface area contributed by atoms with Crippen LogP contribution in [-0.4, -0.2) is 17.8 Å². The molecular formula is C15H15BrO2. The Kier molecular flexibility index (Phi) is 4.39. The van der Waals surface area contributed by atoms with Crippen molar-refractivity contribution in [2.45, 2.75) is 13.0 Å². The summed E-state index contributed by atoms with van der Waals surface area (Å²) in [6, 6.07) is 16.0. The summed E-state index contributed by atoms with van der Waals surface area (Å²) in [5, 5.41) is 9.18. The highest BCUT2D eigenvalue weighted by atomic mass is 79.9. The number of benzene rings is 2. The first-order valence-electron chi connectivity index (χ1n) is 5.82. The first-order chi connectivity index (χ1) is 8.66. The van der Waals surface area contributed by atoms with E-state index in [1.54, 1.807) is 6.92 Å². The second-order valence-corrected chi connectivity index (χ2v) is 5.02. The number of rotatable bonds is 4. The molecule has 3 heteroatoms. The summed E-state index contributed by atoms with van der Waals surface area (Å²) in [5.41, 5.74) is 2.28. The van der Waals surface area contributed by atoms with Gasteiger partial charge in [0.2, 0.25) is 0 Å². The highest BCUT2D eigenvalue weighted by molar-refractivity contribution is 9.10. The third-order valence-electron chi connectivity index (χ3n) is 2.52. The SMILES string of the molecule is CC(O)COc1ccc(-c2ccccc2)c(Br)c1. The van der Waals surface area contributed by atoms with Crippen LogP contribution in [0.15, 0.2) is 53.0 Å². The number of aliphatic hydroxyl groups excluding tert-OH is 1. The van der Waals surface area contributed by atoms with Crippen LogP contribution in [0.3, 0.4) is 0 Å². The van der Waals surface area contributed by atoms with E-state index in [4.69, 9.17) is 4.74 Å². The molecule has 94 valence electrons. The van der Waals surface area contributed by atoms with Gasteiger partial charge in [-0.2, -0.15) is 0 Å². The van der Waals surface area contributed by atoms with Crippen molar-refractivity contribution in [3.8, 4) is 16.9 Å². The van der Waals surface area contributed by atoms with Crippen LogP contribution in [0, 0.1) is 0 Å². The number of ether oxygens (including phenoxy) is 1. The average Bonchev–Trinajstić information content (AvgIpc) is 2.37. The number of aliphatic hydroxyl groups is 1. The third kappa shape index (κ3) is 3.34. The van der Waals surface area contributed by atoms with Crippen molar-refractivity contribution >= 4 is 15.9 Å². The third-order valence-corrected chi connectivity index (χ3v) is 3.17. The number of halogens is 1. The molecule has 0 saturated heterocycles. The van der Waals surface area contributed by atoms with E-state index in [1.807, 2.05) is 36.4 Å². The molecule has 0 aliphatic carbocycles. The number of hydrogen-bond donors (Lipinski definition) is 1. The lowest BCUT2D eigenvalue weighted by atomic mass is 10.1. The van der Waals surface area contributed by atoms with E-state index in [0.717, 1.165) is 21.3 Å². The molecule has 0 heterocycles. The summed E-state index contributed by atoms with van der Waals surface area (Å²) >= 11 is 3.55. The highest BCUT2D eigenvalue weighted by Gasteiger charge is 2.05. The predicted molar refractivity (Wildman–Crippen MR) is 76.8 cm³/mol. The maximum absolute atomic E-state index is 9.18. The van der Waals surface area contributed by atoms with Gasteiger partial charge in [0.05, 0.1) is 6.10 Å². The molecule has 1 unspecified atom stereocenters. The van der Waals surface area contributed by atoms with Crippen LogP contribution in [0.5, 0.6) is 5.75 Å². The molecule has 2 rings (SSSR count). The Bertz CT molecular complexity index is 509. The van der Waals surface area contributed by atoms with Crippen LogP contribution in [0.4, 0.5) is 0 Å². The van der Waals surface area contributed by atoms with Gasteiger partial charge in [0, 0.05) is 4.47 Å². The fourth-order valence-electron chi connectivity index (χ4n) is 1.65. The van der Waals surface area contributed by atoms with Gasteiger partial charge in [-0.3, -0.25) is 0 Å². The Morgan fingerprint density at radius 1 is 1.17 bits per heavy atom. The molecule has 0 aliphatic rings. The second kappa shape index (κ2) is 6.03. The van der Waals surface area contributed by atoms with E-state index in [2.05, 4.69) is 28.1 Å². The lowest BCUT2D eigenvalue weighted by Crippen LogP contribution is -2.12. The van der Waals surface area contributed by atoms with Gasteiger partial charge in [-0.05, 0) is 36.2 Å². The van der Waals surface area contributed by atoms with Crippen LogP contribution < -0.4 is 4.74 Å². The Hall–Kier alpha value is -1.32. The molecule has 0 aromatic heterocycles. The van der Waals surface area contributed by atoms with Gasteiger partial charge in [-0.15, -0.1) is 0 Å². The van der Waals surface area contributed by atoms with E-state index < -0.39 is 6.10 Å². The van der Waals surface area contributed by atoms with Gasteiger partial charge in [0.25, 0.3) is 0 Å². The van der Waals surface area contributed by atoms with Gasteiger partial charge in [-0.25, -0.2) is 0 Å². The largest absolute Gasteiger partial charge is 0.491 e. The van der Waals surface area contributed by atoms with Crippen molar-refractivity contribution in [2.75, 3.05) is 6.61 Å². The van der Waals surface area contributed by atoms with E-state index in [-0.39, 0.29) is 0 Å². The quantitative estimate of drug-likeness (QED) is 0.929. The van der Waals surface area contributed by atoms with Crippen molar-refractivity contribution < 1.29 is 9.84 Å². The standard InChI is InChI=1S/C15H15BrO2/c1-11(17)10-18-13-7-8-14(15(16)9-13)12-5-3-2-4-6-12/h2-9,11,17H,10H2,1H3. The predicted octanol–water partition coefficient (Wildman–Crippen LogP) is 3.88. The Balaban J connectivity index is 2.20. The smallest absolute Gasteiger partial charge is 0.120 e. The van der Waals surface area contributed by atoms with Crippen LogP contribution in [0.25, 0.3) is 11.1 Å². The monoisotopic (exact) mass is 306 g/mol. The lowest BCUT2D eigenvalue weighted by Gasteiger charge is -2.10. The molecule has 2 aromatic carbocycles. The lowest BCUT2D eigenvalue weighted by molar-refractivity contribution is 0.122. The van der Waals surface area contributed by atoms with Crippen LogP contribution in [0.1, 0.15) is 6.92 Å². The molecular weight excluding hydrogens is 292 g/mol. The summed E-state index contributed by atoms with van der Waals surface area (Å²) in [4.78, 5) is 0. The van der Waals surface area contributed by atoms with Crippen molar-refractivity contribution in [3.05, 3.63) is 53.0 Å². The van der Waals surface area contributed by atoms with E-state index in [1.165, 1.54) is 0 Å². The molecule has 0 radical (unpaired) electrons. The minimum Gasteiger partial charge on any atom is -0.491 e. The summed E-state index contributed by atoms with van der Waals surface area (Å²) in [5.74, 6) is 0.752. The zero-order chi connectivity index (χ0) is 13.0. The first-order valence-corrected chi connectivity index (χ1v) is 6.62. The van der Waals surface area contributed by atoms with E-state index >= 15 is 0 Å². The minimum absolute atomic E-state index is 0.303. The maximum atomic E-state index is 9.18. The van der Waals surface area contributed by atoms with E-state index in [0.29, 0.717) is 6.61 Å². The molecule has 2 nitrogen and oxygen atoms in total.